The molecule has 0 atom stereocenters. The molecule has 0 saturated carbocycles. The number of hydrogen-bond acceptors (Lipinski definition) is 4. The third kappa shape index (κ3) is 2.96. The van der Waals surface area contributed by atoms with Gasteiger partial charge in [-0.05, 0) is 30.7 Å². The molecular formula is C12H9ClN2OS. The number of thiazole rings is 1. The second kappa shape index (κ2) is 5.17. The van der Waals surface area contributed by atoms with Crippen LogP contribution < -0.4 is 4.74 Å². The Morgan fingerprint density at radius 1 is 1.53 bits per heavy atom. The van der Waals surface area contributed by atoms with Crippen LogP contribution >= 0.6 is 22.9 Å². The van der Waals surface area contributed by atoms with E-state index >= 15 is 0 Å². The molecule has 3 nitrogen and oxygen atoms in total. The van der Waals surface area contributed by atoms with E-state index in [1.165, 1.54) is 11.3 Å². The lowest BCUT2D eigenvalue weighted by Gasteiger charge is -2.07. The average Bonchev–Trinajstić information content (AvgIpc) is 2.76. The zero-order valence-electron chi connectivity index (χ0n) is 9.11. The van der Waals surface area contributed by atoms with Crippen LogP contribution in [0.15, 0.2) is 24.4 Å². The molecule has 86 valence electrons. The van der Waals surface area contributed by atoms with Gasteiger partial charge in [-0.2, -0.15) is 5.26 Å². The molecule has 17 heavy (non-hydrogen) atoms. The maximum absolute atomic E-state index is 8.68. The van der Waals surface area contributed by atoms with Gasteiger partial charge in [0.15, 0.2) is 0 Å². The van der Waals surface area contributed by atoms with Crippen molar-refractivity contribution < 1.29 is 4.74 Å². The van der Waals surface area contributed by atoms with Gasteiger partial charge in [0, 0.05) is 5.02 Å². The molecule has 5 heteroatoms. The molecule has 0 spiro atoms. The molecule has 0 unspecified atom stereocenters. The van der Waals surface area contributed by atoms with Crippen molar-refractivity contribution in [1.82, 2.24) is 4.98 Å². The Bertz CT molecular complexity index is 574. The third-order valence-electron chi connectivity index (χ3n) is 2.15. The molecule has 0 fully saturated rings. The Hall–Kier alpha value is -1.57. The Morgan fingerprint density at radius 3 is 3.00 bits per heavy atom. The van der Waals surface area contributed by atoms with Crippen molar-refractivity contribution in [2.75, 3.05) is 0 Å². The van der Waals surface area contributed by atoms with Crippen LogP contribution in [0, 0.1) is 18.3 Å². The molecule has 0 N–H and O–H groups in total. The maximum Gasteiger partial charge on any atom is 0.140 e. The van der Waals surface area contributed by atoms with E-state index in [2.05, 4.69) is 4.98 Å². The molecule has 0 aliphatic rings. The minimum Gasteiger partial charge on any atom is -0.486 e. The zero-order valence-corrected chi connectivity index (χ0v) is 10.7. The normalized spacial score (nSPS) is 9.94. The monoisotopic (exact) mass is 264 g/mol. The predicted octanol–water partition coefficient (Wildman–Crippen LogP) is 3.56. The molecule has 0 radical (unpaired) electrons. The van der Waals surface area contributed by atoms with Crippen LogP contribution in [-0.4, -0.2) is 4.98 Å². The molecule has 0 bridgehead atoms. The van der Waals surface area contributed by atoms with Gasteiger partial charge in [0.25, 0.3) is 0 Å². The van der Waals surface area contributed by atoms with Gasteiger partial charge < -0.3 is 4.74 Å². The third-order valence-corrected chi connectivity index (χ3v) is 3.26. The molecule has 1 aromatic heterocycles. The zero-order chi connectivity index (χ0) is 12.3. The van der Waals surface area contributed by atoms with E-state index in [1.54, 1.807) is 12.3 Å². The highest BCUT2D eigenvalue weighted by Crippen LogP contribution is 2.23. The Balaban J connectivity index is 2.05. The highest BCUT2D eigenvalue weighted by molar-refractivity contribution is 7.12. The van der Waals surface area contributed by atoms with Crippen LogP contribution in [0.1, 0.15) is 15.4 Å². The van der Waals surface area contributed by atoms with E-state index in [4.69, 9.17) is 21.6 Å². The first-order valence-electron chi connectivity index (χ1n) is 4.93. The van der Waals surface area contributed by atoms with Crippen molar-refractivity contribution in [1.29, 1.82) is 5.26 Å². The number of aryl methyl sites for hydroxylation is 1. The number of hydrogen-bond donors (Lipinski definition) is 0. The fourth-order valence-corrected chi connectivity index (χ4v) is 2.20. The van der Waals surface area contributed by atoms with Crippen molar-refractivity contribution in [2.24, 2.45) is 0 Å². The number of ether oxygens (including phenoxy) is 1. The molecule has 2 aromatic rings. The van der Waals surface area contributed by atoms with Crippen LogP contribution in [0.5, 0.6) is 5.75 Å². The first-order chi connectivity index (χ1) is 8.19. The van der Waals surface area contributed by atoms with Gasteiger partial charge in [-0.25, -0.2) is 4.98 Å². The van der Waals surface area contributed by atoms with E-state index in [0.29, 0.717) is 16.5 Å². The minimum atomic E-state index is 0.370. The summed E-state index contributed by atoms with van der Waals surface area (Å²) in [5, 5.41) is 10.2. The SMILES string of the molecule is Cc1cc(Cl)ccc1OCc1ncc(C#N)s1. The second-order valence-corrected chi connectivity index (χ2v) is 4.98. The fourth-order valence-electron chi connectivity index (χ4n) is 1.34. The molecule has 1 heterocycles. The highest BCUT2D eigenvalue weighted by Gasteiger charge is 2.04. The molecule has 0 saturated heterocycles. The van der Waals surface area contributed by atoms with Crippen molar-refractivity contribution in [2.45, 2.75) is 13.5 Å². The number of nitriles is 1. The summed E-state index contributed by atoms with van der Waals surface area (Å²) in [4.78, 5) is 4.69. The van der Waals surface area contributed by atoms with E-state index in [9.17, 15) is 0 Å². The summed E-state index contributed by atoms with van der Waals surface area (Å²) in [6.45, 7) is 2.30. The average molecular weight is 265 g/mol. The number of nitrogens with zero attached hydrogens (tertiary/aromatic N) is 2. The Kier molecular flexibility index (Phi) is 3.62. The van der Waals surface area contributed by atoms with Crippen molar-refractivity contribution in [3.05, 3.63) is 44.9 Å². The molecule has 0 amide bonds. The summed E-state index contributed by atoms with van der Waals surface area (Å²) >= 11 is 7.19. The number of benzene rings is 1. The first kappa shape index (κ1) is 11.9. The molecular weight excluding hydrogens is 256 g/mol. The molecule has 0 aliphatic carbocycles. The van der Waals surface area contributed by atoms with Crippen LogP contribution in [-0.2, 0) is 6.61 Å². The van der Waals surface area contributed by atoms with Crippen LogP contribution in [0.25, 0.3) is 0 Å². The smallest absolute Gasteiger partial charge is 0.140 e. The highest BCUT2D eigenvalue weighted by atomic mass is 35.5. The van der Waals surface area contributed by atoms with Gasteiger partial charge in [-0.1, -0.05) is 11.6 Å². The van der Waals surface area contributed by atoms with E-state index in [-0.39, 0.29) is 0 Å². The second-order valence-electron chi connectivity index (χ2n) is 3.43. The van der Waals surface area contributed by atoms with E-state index in [1.807, 2.05) is 25.1 Å². The van der Waals surface area contributed by atoms with Gasteiger partial charge in [0.1, 0.15) is 28.3 Å². The first-order valence-corrected chi connectivity index (χ1v) is 6.12. The van der Waals surface area contributed by atoms with E-state index in [0.717, 1.165) is 16.3 Å². The van der Waals surface area contributed by atoms with Crippen molar-refractivity contribution in [3.8, 4) is 11.8 Å². The van der Waals surface area contributed by atoms with Gasteiger partial charge in [-0.15, -0.1) is 11.3 Å². The topological polar surface area (TPSA) is 45.9 Å². The summed E-state index contributed by atoms with van der Waals surface area (Å²) in [6.07, 6.45) is 1.55. The summed E-state index contributed by atoms with van der Waals surface area (Å²) in [6, 6.07) is 7.51. The van der Waals surface area contributed by atoms with Crippen molar-refractivity contribution in [3.63, 3.8) is 0 Å². The molecule has 0 aliphatic heterocycles. The van der Waals surface area contributed by atoms with Gasteiger partial charge in [0.05, 0.1) is 6.20 Å². The largest absolute Gasteiger partial charge is 0.486 e. The van der Waals surface area contributed by atoms with Gasteiger partial charge in [-0.3, -0.25) is 0 Å². The Labute approximate surface area is 108 Å². The summed E-state index contributed by atoms with van der Waals surface area (Å²) in [7, 11) is 0. The fraction of sp³-hybridized carbons (Fsp3) is 0.167. The van der Waals surface area contributed by atoms with Crippen molar-refractivity contribution >= 4 is 22.9 Å². The standard InChI is InChI=1S/C12H9ClN2OS/c1-8-4-9(13)2-3-11(8)16-7-12-15-6-10(5-14)17-12/h2-4,6H,7H2,1H3. The number of halogens is 1. The molecule has 2 rings (SSSR count). The quantitative estimate of drug-likeness (QED) is 0.852. The van der Waals surface area contributed by atoms with Crippen LogP contribution in [0.2, 0.25) is 5.02 Å². The Morgan fingerprint density at radius 2 is 2.35 bits per heavy atom. The summed E-state index contributed by atoms with van der Waals surface area (Å²) < 4.78 is 5.62. The minimum absolute atomic E-state index is 0.370. The number of aromatic nitrogens is 1. The predicted molar refractivity (Wildman–Crippen MR) is 67.4 cm³/mol. The van der Waals surface area contributed by atoms with Gasteiger partial charge >= 0.3 is 0 Å². The summed E-state index contributed by atoms with van der Waals surface area (Å²) in [5.74, 6) is 0.781. The maximum atomic E-state index is 8.68. The molecule has 1 aromatic carbocycles. The lowest BCUT2D eigenvalue weighted by molar-refractivity contribution is 0.303. The van der Waals surface area contributed by atoms with Gasteiger partial charge in [0.2, 0.25) is 0 Å². The number of rotatable bonds is 3. The van der Waals surface area contributed by atoms with Crippen LogP contribution in [0.3, 0.4) is 0 Å². The lowest BCUT2D eigenvalue weighted by atomic mass is 10.2. The van der Waals surface area contributed by atoms with E-state index < -0.39 is 0 Å². The summed E-state index contributed by atoms with van der Waals surface area (Å²) in [5.41, 5.74) is 0.981. The lowest BCUT2D eigenvalue weighted by Crippen LogP contribution is -1.96. The van der Waals surface area contributed by atoms with Crippen LogP contribution in [0.4, 0.5) is 0 Å².